The molecule has 0 aliphatic rings. The van der Waals surface area contributed by atoms with E-state index in [4.69, 9.17) is 4.98 Å². The second-order valence-corrected chi connectivity index (χ2v) is 12.3. The molecular weight excluding hydrogens is 448 g/mol. The number of para-hydroxylation sites is 1. The summed E-state index contributed by atoms with van der Waals surface area (Å²) in [6.07, 6.45) is 0. The van der Waals surface area contributed by atoms with Crippen LogP contribution in [0.25, 0.3) is 55.1 Å². The lowest BCUT2D eigenvalue weighted by molar-refractivity contribution is 0.590. The topological polar surface area (TPSA) is 28.7 Å². The second-order valence-electron chi connectivity index (χ2n) is 12.3. The fourth-order valence-corrected chi connectivity index (χ4v) is 5.25. The Morgan fingerprint density at radius 3 is 2.00 bits per heavy atom. The third-order valence-electron chi connectivity index (χ3n) is 7.52. The molecule has 0 atom stereocenters. The number of fused-ring (bicyclic) bond motifs is 3. The third-order valence-corrected chi connectivity index (χ3v) is 7.52. The summed E-state index contributed by atoms with van der Waals surface area (Å²) in [5.41, 5.74) is 8.24. The van der Waals surface area contributed by atoms with E-state index in [1.54, 1.807) is 0 Å². The smallest absolute Gasteiger partial charge is 0.0872 e. The second kappa shape index (κ2) is 8.31. The molecule has 6 rings (SSSR count). The quantitative estimate of drug-likeness (QED) is 0.244. The molecule has 2 nitrogen and oxygen atoms in total. The Hall–Kier alpha value is -3.91. The van der Waals surface area contributed by atoms with Crippen LogP contribution in [0.1, 0.15) is 52.7 Å². The van der Waals surface area contributed by atoms with E-state index in [1.807, 2.05) is 6.07 Å². The average molecular weight is 483 g/mol. The molecule has 0 radical (unpaired) electrons. The highest BCUT2D eigenvalue weighted by Crippen LogP contribution is 2.40. The van der Waals surface area contributed by atoms with Gasteiger partial charge in [-0.25, -0.2) is 4.98 Å². The van der Waals surface area contributed by atoms with Gasteiger partial charge in [-0.15, -0.1) is 0 Å². The predicted octanol–water partition coefficient (Wildman–Crippen LogP) is 9.80. The number of nitrogens with zero attached hydrogens (tertiary/aromatic N) is 1. The van der Waals surface area contributed by atoms with E-state index < -0.39 is 0 Å². The number of rotatable bonds is 2. The lowest BCUT2D eigenvalue weighted by Crippen LogP contribution is -2.11. The summed E-state index contributed by atoms with van der Waals surface area (Å²) in [7, 11) is 0. The number of hydrogen-bond acceptors (Lipinski definition) is 1. The highest BCUT2D eigenvalue weighted by Gasteiger charge is 2.20. The van der Waals surface area contributed by atoms with Crippen molar-refractivity contribution >= 4 is 32.4 Å². The van der Waals surface area contributed by atoms with Crippen molar-refractivity contribution in [3.8, 4) is 22.6 Å². The standard InChI is InChI=1S/C35H34N2/c1-34(2,3)25-14-15-27-24(20-25)19-23-11-13-26(35(4,5)6)21-28(23)33(27)32-18-17-31(37-32)30-16-12-22-9-7-8-10-29(22)36-30/h7-21,37H,1-6H3. The van der Waals surface area contributed by atoms with Gasteiger partial charge in [0, 0.05) is 16.6 Å². The summed E-state index contributed by atoms with van der Waals surface area (Å²) in [6.45, 7) is 13.7. The molecular formula is C35H34N2. The predicted molar refractivity (Wildman–Crippen MR) is 159 cm³/mol. The van der Waals surface area contributed by atoms with Gasteiger partial charge in [-0.3, -0.25) is 0 Å². The maximum absolute atomic E-state index is 4.93. The lowest BCUT2D eigenvalue weighted by Gasteiger charge is -2.22. The Morgan fingerprint density at radius 2 is 1.22 bits per heavy atom. The molecule has 2 aromatic heterocycles. The minimum atomic E-state index is 0.0758. The van der Waals surface area contributed by atoms with Gasteiger partial charge in [-0.2, -0.15) is 0 Å². The first-order valence-corrected chi connectivity index (χ1v) is 13.1. The average Bonchev–Trinajstić information content (AvgIpc) is 3.35. The Balaban J connectivity index is 1.60. The lowest BCUT2D eigenvalue weighted by atomic mass is 9.82. The summed E-state index contributed by atoms with van der Waals surface area (Å²) in [6, 6.07) is 33.2. The maximum Gasteiger partial charge on any atom is 0.0872 e. The molecule has 0 aliphatic carbocycles. The minimum absolute atomic E-state index is 0.0758. The zero-order valence-electron chi connectivity index (χ0n) is 22.6. The van der Waals surface area contributed by atoms with Crippen LogP contribution in [0.5, 0.6) is 0 Å². The Labute approximate surface area is 219 Å². The zero-order chi connectivity index (χ0) is 25.9. The molecule has 1 N–H and O–H groups in total. The molecule has 37 heavy (non-hydrogen) atoms. The molecule has 0 unspecified atom stereocenters. The van der Waals surface area contributed by atoms with Crippen molar-refractivity contribution in [1.82, 2.24) is 9.97 Å². The van der Waals surface area contributed by atoms with Crippen molar-refractivity contribution in [3.05, 3.63) is 102 Å². The van der Waals surface area contributed by atoms with Crippen LogP contribution in [-0.4, -0.2) is 9.97 Å². The minimum Gasteiger partial charge on any atom is -0.353 e. The molecule has 2 heteroatoms. The van der Waals surface area contributed by atoms with Crippen LogP contribution in [0.15, 0.2) is 91.0 Å². The van der Waals surface area contributed by atoms with Gasteiger partial charge in [-0.1, -0.05) is 96.1 Å². The summed E-state index contributed by atoms with van der Waals surface area (Å²) >= 11 is 0. The summed E-state index contributed by atoms with van der Waals surface area (Å²) in [5, 5.41) is 6.25. The summed E-state index contributed by atoms with van der Waals surface area (Å²) < 4.78 is 0. The van der Waals surface area contributed by atoms with Crippen molar-refractivity contribution in [3.63, 3.8) is 0 Å². The van der Waals surface area contributed by atoms with Gasteiger partial charge in [0.2, 0.25) is 0 Å². The van der Waals surface area contributed by atoms with Gasteiger partial charge in [0.1, 0.15) is 0 Å². The molecule has 6 aromatic rings. The molecule has 0 saturated heterocycles. The van der Waals surface area contributed by atoms with Crippen LogP contribution in [0.3, 0.4) is 0 Å². The van der Waals surface area contributed by atoms with Gasteiger partial charge in [-0.05, 0) is 79.9 Å². The third kappa shape index (κ3) is 4.21. The highest BCUT2D eigenvalue weighted by molar-refractivity contribution is 6.12. The number of pyridine rings is 1. The maximum atomic E-state index is 4.93. The van der Waals surface area contributed by atoms with Gasteiger partial charge in [0.25, 0.3) is 0 Å². The van der Waals surface area contributed by atoms with E-state index in [0.29, 0.717) is 0 Å². The molecule has 4 aromatic carbocycles. The molecule has 0 saturated carbocycles. The summed E-state index contributed by atoms with van der Waals surface area (Å²) in [4.78, 5) is 8.67. The van der Waals surface area contributed by atoms with E-state index in [0.717, 1.165) is 28.0 Å². The monoisotopic (exact) mass is 482 g/mol. The van der Waals surface area contributed by atoms with E-state index in [9.17, 15) is 0 Å². The fraction of sp³-hybridized carbons (Fsp3) is 0.229. The van der Waals surface area contributed by atoms with Gasteiger partial charge < -0.3 is 4.98 Å². The number of H-pyrrole nitrogens is 1. The number of hydrogen-bond donors (Lipinski definition) is 1. The number of aromatic amines is 1. The van der Waals surface area contributed by atoms with Crippen molar-refractivity contribution in [2.75, 3.05) is 0 Å². The van der Waals surface area contributed by atoms with Crippen LogP contribution in [-0.2, 0) is 10.8 Å². The number of aromatic nitrogens is 2. The first-order valence-electron chi connectivity index (χ1n) is 13.1. The summed E-state index contributed by atoms with van der Waals surface area (Å²) in [5.74, 6) is 0. The highest BCUT2D eigenvalue weighted by atomic mass is 14.8. The van der Waals surface area contributed by atoms with Crippen LogP contribution in [0, 0.1) is 0 Å². The van der Waals surface area contributed by atoms with Crippen molar-refractivity contribution in [2.24, 2.45) is 0 Å². The van der Waals surface area contributed by atoms with Gasteiger partial charge in [0.05, 0.1) is 16.9 Å². The number of benzene rings is 4. The molecule has 2 heterocycles. The van der Waals surface area contributed by atoms with Gasteiger partial charge in [0.15, 0.2) is 0 Å². The van der Waals surface area contributed by atoms with E-state index >= 15 is 0 Å². The zero-order valence-corrected chi connectivity index (χ0v) is 22.6. The van der Waals surface area contributed by atoms with Gasteiger partial charge >= 0.3 is 0 Å². The van der Waals surface area contributed by atoms with Crippen LogP contribution in [0.2, 0.25) is 0 Å². The largest absolute Gasteiger partial charge is 0.353 e. The normalized spacial score (nSPS) is 12.6. The molecule has 0 fully saturated rings. The van der Waals surface area contributed by atoms with Crippen LogP contribution < -0.4 is 0 Å². The molecule has 184 valence electrons. The Bertz CT molecular complexity index is 1790. The van der Waals surface area contributed by atoms with Crippen LogP contribution >= 0.6 is 0 Å². The van der Waals surface area contributed by atoms with Crippen molar-refractivity contribution in [1.29, 1.82) is 0 Å². The molecule has 0 spiro atoms. The molecule has 0 bridgehead atoms. The van der Waals surface area contributed by atoms with E-state index in [2.05, 4.69) is 131 Å². The van der Waals surface area contributed by atoms with Crippen molar-refractivity contribution in [2.45, 2.75) is 52.4 Å². The SMILES string of the molecule is CC(C)(C)c1ccc2c(-c3ccc(-c4ccc5ccccc5n4)[nH]3)c3cc(C(C)(C)C)ccc3cc2c1. The Morgan fingerprint density at radius 1 is 0.541 bits per heavy atom. The Kier molecular flexibility index (Phi) is 5.28. The first-order chi connectivity index (χ1) is 17.6. The van der Waals surface area contributed by atoms with Crippen LogP contribution in [0.4, 0.5) is 0 Å². The molecule has 0 amide bonds. The first kappa shape index (κ1) is 23.5. The van der Waals surface area contributed by atoms with E-state index in [-0.39, 0.29) is 10.8 Å². The van der Waals surface area contributed by atoms with Crippen molar-refractivity contribution < 1.29 is 0 Å². The number of nitrogens with one attached hydrogen (secondary N) is 1. The fourth-order valence-electron chi connectivity index (χ4n) is 5.25. The molecule has 0 aliphatic heterocycles. The van der Waals surface area contributed by atoms with E-state index in [1.165, 1.54) is 38.2 Å².